The van der Waals surface area contributed by atoms with Gasteiger partial charge >= 0.3 is 12.2 Å². The molecule has 0 radical (unpaired) electrons. The van der Waals surface area contributed by atoms with Crippen LogP contribution < -0.4 is 15.2 Å². The summed E-state index contributed by atoms with van der Waals surface area (Å²) in [7, 11) is 0. The molecule has 4 rings (SSSR count). The number of thioether (sulfide) groups is 1. The highest BCUT2D eigenvalue weighted by atomic mass is 35.6. The molecule has 2 aliphatic heterocycles. The van der Waals surface area contributed by atoms with Crippen LogP contribution >= 0.6 is 46.6 Å². The second-order valence-corrected chi connectivity index (χ2v) is 10.6. The van der Waals surface area contributed by atoms with Crippen molar-refractivity contribution in [3.63, 3.8) is 0 Å². The molecule has 1 atom stereocenters. The predicted molar refractivity (Wildman–Crippen MR) is 127 cm³/mol. The molecule has 0 unspecified atom stereocenters. The Balaban J connectivity index is 1.46. The van der Waals surface area contributed by atoms with E-state index in [9.17, 15) is 18.8 Å². The predicted octanol–water partition coefficient (Wildman–Crippen LogP) is 3.68. The van der Waals surface area contributed by atoms with Crippen molar-refractivity contribution in [2.45, 2.75) is 9.90 Å². The molecular weight excluding hydrogens is 552 g/mol. The van der Waals surface area contributed by atoms with Crippen molar-refractivity contribution >= 4 is 81.2 Å². The SMILES string of the molecule is O=C1CSC(c2ccc(N3C[C@@H](CN(C(=O)OCC(Cl)(Cl)Cl)c4ccon4)OC3=O)cc2F)=NN1. The third-order valence-electron chi connectivity index (χ3n) is 4.66. The summed E-state index contributed by atoms with van der Waals surface area (Å²) in [5, 5.41) is 7.86. The Labute approximate surface area is 216 Å². The molecule has 1 aromatic carbocycles. The minimum absolute atomic E-state index is 0.00450. The van der Waals surface area contributed by atoms with Gasteiger partial charge in [0, 0.05) is 11.6 Å². The molecule has 35 heavy (non-hydrogen) atoms. The fourth-order valence-corrected chi connectivity index (χ4v) is 4.08. The lowest BCUT2D eigenvalue weighted by molar-refractivity contribution is -0.118. The number of halogens is 4. The van der Waals surface area contributed by atoms with E-state index in [1.807, 2.05) is 0 Å². The largest absolute Gasteiger partial charge is 0.445 e. The number of hydrogen-bond donors (Lipinski definition) is 1. The monoisotopic (exact) mass is 565 g/mol. The van der Waals surface area contributed by atoms with Gasteiger partial charge in [0.05, 0.1) is 24.5 Å². The van der Waals surface area contributed by atoms with Gasteiger partial charge in [0.25, 0.3) is 5.91 Å². The normalized spacial score (nSPS) is 18.1. The third kappa shape index (κ3) is 6.28. The minimum atomic E-state index is -1.83. The van der Waals surface area contributed by atoms with Crippen LogP contribution in [-0.4, -0.2) is 63.6 Å². The van der Waals surface area contributed by atoms with Gasteiger partial charge < -0.3 is 14.0 Å². The van der Waals surface area contributed by atoms with Crippen molar-refractivity contribution in [3.05, 3.63) is 41.9 Å². The Kier molecular flexibility index (Phi) is 7.59. The first kappa shape index (κ1) is 25.4. The number of anilines is 2. The fourth-order valence-electron chi connectivity index (χ4n) is 3.15. The average Bonchev–Trinajstić information content (AvgIpc) is 3.46. The number of nitrogens with zero attached hydrogens (tertiary/aromatic N) is 4. The maximum absolute atomic E-state index is 14.8. The van der Waals surface area contributed by atoms with E-state index in [0.717, 1.165) is 22.7 Å². The molecule has 1 saturated heterocycles. The standard InChI is InChI=1S/C19H15Cl3FN5O6S/c20-19(21,22)9-32-17(30)28(14-3-4-33-26-14)7-11-6-27(18(31)34-11)10-1-2-12(13(23)5-10)16-25-24-15(29)8-35-16/h1-5,11H,6-9H2,(H,24,29)/t11-/m0/s1. The smallest absolute Gasteiger partial charge is 0.415 e. The molecular formula is C19H15Cl3FN5O6S. The van der Waals surface area contributed by atoms with Gasteiger partial charge in [0.2, 0.25) is 3.79 Å². The third-order valence-corrected chi connectivity index (χ3v) is 5.98. The van der Waals surface area contributed by atoms with Crippen molar-refractivity contribution in [2.24, 2.45) is 5.10 Å². The van der Waals surface area contributed by atoms with Gasteiger partial charge in [-0.25, -0.2) is 19.4 Å². The first-order valence-corrected chi connectivity index (χ1v) is 11.9. The summed E-state index contributed by atoms with van der Waals surface area (Å²) >= 11 is 18.0. The average molecular weight is 567 g/mol. The maximum Gasteiger partial charge on any atom is 0.415 e. The van der Waals surface area contributed by atoms with Gasteiger partial charge in [-0.15, -0.1) is 0 Å². The number of alkyl halides is 3. The Morgan fingerprint density at radius 2 is 2.14 bits per heavy atom. The molecule has 0 saturated carbocycles. The van der Waals surface area contributed by atoms with Crippen LogP contribution in [0.5, 0.6) is 0 Å². The van der Waals surface area contributed by atoms with E-state index in [1.165, 1.54) is 29.4 Å². The summed E-state index contributed by atoms with van der Waals surface area (Å²) in [4.78, 5) is 38.6. The highest BCUT2D eigenvalue weighted by Gasteiger charge is 2.37. The number of amides is 3. The van der Waals surface area contributed by atoms with Crippen molar-refractivity contribution < 1.29 is 32.8 Å². The number of nitrogens with one attached hydrogen (secondary N) is 1. The van der Waals surface area contributed by atoms with Crippen LogP contribution in [0.25, 0.3) is 0 Å². The van der Waals surface area contributed by atoms with Crippen LogP contribution in [0.3, 0.4) is 0 Å². The second kappa shape index (κ2) is 10.5. The Morgan fingerprint density at radius 3 is 2.77 bits per heavy atom. The Hall–Kier alpha value is -2.74. The summed E-state index contributed by atoms with van der Waals surface area (Å²) in [5.74, 6) is -0.716. The van der Waals surface area contributed by atoms with Crippen LogP contribution in [-0.2, 0) is 14.3 Å². The quantitative estimate of drug-likeness (QED) is 0.525. The minimum Gasteiger partial charge on any atom is -0.445 e. The molecule has 2 aromatic rings. The maximum atomic E-state index is 14.8. The number of hydrazone groups is 1. The summed E-state index contributed by atoms with van der Waals surface area (Å²) in [5.41, 5.74) is 2.71. The molecule has 16 heteroatoms. The number of ether oxygens (including phenoxy) is 2. The molecule has 2 aliphatic rings. The van der Waals surface area contributed by atoms with Crippen LogP contribution in [0, 0.1) is 5.82 Å². The lowest BCUT2D eigenvalue weighted by atomic mass is 10.2. The molecule has 1 N–H and O–H groups in total. The number of aromatic nitrogens is 1. The van der Waals surface area contributed by atoms with Gasteiger partial charge in [-0.05, 0) is 18.2 Å². The summed E-state index contributed by atoms with van der Waals surface area (Å²) < 4.78 is 28.1. The molecule has 0 spiro atoms. The van der Waals surface area contributed by atoms with Crippen molar-refractivity contribution in [1.29, 1.82) is 0 Å². The van der Waals surface area contributed by atoms with E-state index >= 15 is 0 Å². The van der Waals surface area contributed by atoms with Crippen molar-refractivity contribution in [2.75, 3.05) is 35.2 Å². The van der Waals surface area contributed by atoms with Crippen LogP contribution in [0.1, 0.15) is 5.56 Å². The van der Waals surface area contributed by atoms with E-state index < -0.39 is 34.5 Å². The number of rotatable bonds is 6. The van der Waals surface area contributed by atoms with E-state index in [4.69, 9.17) is 48.8 Å². The number of carbonyl (C=O) groups excluding carboxylic acids is 3. The van der Waals surface area contributed by atoms with Gasteiger partial charge in [0.15, 0.2) is 5.82 Å². The molecule has 3 amide bonds. The number of cyclic esters (lactones) is 1. The van der Waals surface area contributed by atoms with Crippen molar-refractivity contribution in [3.8, 4) is 0 Å². The van der Waals surface area contributed by atoms with Gasteiger partial charge in [-0.3, -0.25) is 14.6 Å². The molecule has 11 nitrogen and oxygen atoms in total. The van der Waals surface area contributed by atoms with E-state index in [2.05, 4.69) is 15.7 Å². The zero-order valence-corrected chi connectivity index (χ0v) is 20.5. The summed E-state index contributed by atoms with van der Waals surface area (Å²) in [6, 6.07) is 5.52. The zero-order chi connectivity index (χ0) is 25.2. The van der Waals surface area contributed by atoms with Gasteiger partial charge in [-0.2, -0.15) is 5.10 Å². The fraction of sp³-hybridized carbons (Fsp3) is 0.316. The molecule has 186 valence electrons. The lowest BCUT2D eigenvalue weighted by Gasteiger charge is -2.22. The summed E-state index contributed by atoms with van der Waals surface area (Å²) in [6.45, 7) is -0.697. The summed E-state index contributed by atoms with van der Waals surface area (Å²) in [6.07, 6.45) is -1.24. The molecule has 0 bridgehead atoms. The number of hydrogen-bond acceptors (Lipinski definition) is 9. The highest BCUT2D eigenvalue weighted by Crippen LogP contribution is 2.29. The first-order valence-electron chi connectivity index (χ1n) is 9.79. The molecule has 3 heterocycles. The zero-order valence-electron chi connectivity index (χ0n) is 17.5. The van der Waals surface area contributed by atoms with E-state index in [0.29, 0.717) is 5.04 Å². The van der Waals surface area contributed by atoms with Gasteiger partial charge in [0.1, 0.15) is 29.8 Å². The first-order chi connectivity index (χ1) is 16.6. The second-order valence-electron chi connectivity index (χ2n) is 7.16. The van der Waals surface area contributed by atoms with Crippen LogP contribution in [0.15, 0.2) is 40.2 Å². The Morgan fingerprint density at radius 1 is 1.34 bits per heavy atom. The van der Waals surface area contributed by atoms with E-state index in [-0.39, 0.29) is 41.8 Å². The Bertz CT molecular complexity index is 1160. The van der Waals surface area contributed by atoms with E-state index in [1.54, 1.807) is 0 Å². The number of benzene rings is 1. The number of carbonyl (C=O) groups is 3. The molecule has 1 aromatic heterocycles. The topological polar surface area (TPSA) is 127 Å². The van der Waals surface area contributed by atoms with Gasteiger partial charge in [-0.1, -0.05) is 51.7 Å². The highest BCUT2D eigenvalue weighted by molar-refractivity contribution is 8.15. The lowest BCUT2D eigenvalue weighted by Crippen LogP contribution is -2.40. The van der Waals surface area contributed by atoms with Crippen molar-refractivity contribution in [1.82, 2.24) is 10.6 Å². The molecule has 1 fully saturated rings. The van der Waals surface area contributed by atoms with Crippen LogP contribution in [0.4, 0.5) is 25.5 Å². The van der Waals surface area contributed by atoms with Crippen LogP contribution in [0.2, 0.25) is 0 Å². The molecule has 0 aliphatic carbocycles.